The minimum atomic E-state index is -0.546. The smallest absolute Gasteiger partial charge is 0.272 e. The first-order valence-electron chi connectivity index (χ1n) is 8.87. The van der Waals surface area contributed by atoms with Crippen molar-refractivity contribution in [1.82, 2.24) is 25.7 Å². The Balaban J connectivity index is 1.65. The molecule has 0 aromatic carbocycles. The Morgan fingerprint density at radius 2 is 1.96 bits per heavy atom. The zero-order chi connectivity index (χ0) is 16.6. The highest BCUT2D eigenvalue weighted by atomic mass is 16.5. The average Bonchev–Trinajstić information content (AvgIpc) is 3.23. The number of aromatic nitrogens is 4. The average molecular weight is 329 g/mol. The minimum Gasteiger partial charge on any atom is -0.340 e. The number of nitrogens with zero attached hydrogens (tertiary/aromatic N) is 3. The summed E-state index contributed by atoms with van der Waals surface area (Å²) in [7, 11) is 0. The Morgan fingerprint density at radius 1 is 1.17 bits per heavy atom. The van der Waals surface area contributed by atoms with Crippen LogP contribution in [0.25, 0.3) is 0 Å². The highest BCUT2D eigenvalue weighted by Crippen LogP contribution is 2.35. The van der Waals surface area contributed by atoms with Gasteiger partial charge in [-0.25, -0.2) is 0 Å². The number of H-pyrrole nitrogens is 1. The van der Waals surface area contributed by atoms with Gasteiger partial charge in [0.25, 0.3) is 5.91 Å². The number of amides is 1. The van der Waals surface area contributed by atoms with Crippen LogP contribution in [0.4, 0.5) is 0 Å². The van der Waals surface area contributed by atoms with E-state index in [1.807, 2.05) is 0 Å². The Bertz CT molecular complexity index is 740. The first-order valence-corrected chi connectivity index (χ1v) is 8.87. The first kappa shape index (κ1) is 15.4. The first-order chi connectivity index (χ1) is 11.7. The van der Waals surface area contributed by atoms with Gasteiger partial charge in [-0.15, -0.1) is 0 Å². The molecule has 24 heavy (non-hydrogen) atoms. The summed E-state index contributed by atoms with van der Waals surface area (Å²) in [5, 5.41) is 14.6. The molecule has 4 rings (SSSR count). The molecular formula is C17H23N5O2. The molecule has 1 fully saturated rings. The minimum absolute atomic E-state index is 0.126. The monoisotopic (exact) mass is 329 g/mol. The van der Waals surface area contributed by atoms with Crippen molar-refractivity contribution in [3.8, 4) is 0 Å². The van der Waals surface area contributed by atoms with Gasteiger partial charge in [0.2, 0.25) is 5.89 Å². The van der Waals surface area contributed by atoms with Gasteiger partial charge in [-0.1, -0.05) is 30.8 Å². The van der Waals surface area contributed by atoms with E-state index in [2.05, 4.69) is 25.7 Å². The van der Waals surface area contributed by atoms with E-state index < -0.39 is 5.54 Å². The maximum Gasteiger partial charge on any atom is 0.272 e. The van der Waals surface area contributed by atoms with Gasteiger partial charge in [0, 0.05) is 18.2 Å². The van der Waals surface area contributed by atoms with Crippen LogP contribution in [0.2, 0.25) is 0 Å². The molecule has 0 radical (unpaired) electrons. The Labute approximate surface area is 140 Å². The number of aryl methyl sites for hydroxylation is 2. The second-order valence-electron chi connectivity index (χ2n) is 6.97. The zero-order valence-electron chi connectivity index (χ0n) is 14.0. The van der Waals surface area contributed by atoms with E-state index in [0.717, 1.165) is 56.2 Å². The number of hydrogen-bond donors (Lipinski definition) is 2. The summed E-state index contributed by atoms with van der Waals surface area (Å²) in [4.78, 5) is 17.4. The molecule has 0 aliphatic heterocycles. The molecular weight excluding hydrogens is 306 g/mol. The van der Waals surface area contributed by atoms with Gasteiger partial charge >= 0.3 is 0 Å². The molecule has 7 heteroatoms. The van der Waals surface area contributed by atoms with Crippen molar-refractivity contribution >= 4 is 5.91 Å². The Kier molecular flexibility index (Phi) is 3.86. The van der Waals surface area contributed by atoms with E-state index in [9.17, 15) is 4.79 Å². The van der Waals surface area contributed by atoms with Crippen molar-refractivity contribution in [1.29, 1.82) is 0 Å². The second-order valence-corrected chi connectivity index (χ2v) is 6.97. The fraction of sp³-hybridized carbons (Fsp3) is 0.647. The van der Waals surface area contributed by atoms with E-state index in [0.29, 0.717) is 17.4 Å². The van der Waals surface area contributed by atoms with Gasteiger partial charge in [0.05, 0.1) is 0 Å². The van der Waals surface area contributed by atoms with Crippen molar-refractivity contribution in [2.75, 3.05) is 0 Å². The number of nitrogens with one attached hydrogen (secondary N) is 2. The highest BCUT2D eigenvalue weighted by Gasteiger charge is 2.40. The van der Waals surface area contributed by atoms with Crippen LogP contribution in [0, 0.1) is 6.92 Å². The summed E-state index contributed by atoms with van der Waals surface area (Å²) in [5.41, 5.74) is 2.16. The van der Waals surface area contributed by atoms with Crippen LogP contribution in [0.15, 0.2) is 4.52 Å². The lowest BCUT2D eigenvalue weighted by molar-refractivity contribution is 0.0870. The van der Waals surface area contributed by atoms with Crippen LogP contribution in [-0.4, -0.2) is 26.2 Å². The van der Waals surface area contributed by atoms with E-state index in [1.54, 1.807) is 6.92 Å². The third-order valence-electron chi connectivity index (χ3n) is 5.29. The standard InChI is InChI=1S/C17H23N5O2/c1-11-18-16(22-24-11)17(9-4-2-3-5-10-17)19-15(23)14-12-7-6-8-13(12)20-21-14/h2-10H2,1H3,(H,19,23)(H,20,21). The van der Waals surface area contributed by atoms with Crippen LogP contribution >= 0.6 is 0 Å². The fourth-order valence-corrected chi connectivity index (χ4v) is 4.01. The van der Waals surface area contributed by atoms with Gasteiger partial charge < -0.3 is 9.84 Å². The predicted molar refractivity (Wildman–Crippen MR) is 86.5 cm³/mol. The van der Waals surface area contributed by atoms with E-state index in [4.69, 9.17) is 4.52 Å². The topological polar surface area (TPSA) is 96.7 Å². The summed E-state index contributed by atoms with van der Waals surface area (Å²) < 4.78 is 5.20. The number of aromatic amines is 1. The predicted octanol–water partition coefficient (Wildman–Crippen LogP) is 2.57. The molecule has 2 aliphatic carbocycles. The van der Waals surface area contributed by atoms with Crippen LogP contribution in [-0.2, 0) is 18.4 Å². The molecule has 128 valence electrons. The lowest BCUT2D eigenvalue weighted by Crippen LogP contribution is -2.46. The molecule has 1 saturated carbocycles. The van der Waals surface area contributed by atoms with Crippen molar-refractivity contribution in [2.45, 2.75) is 70.3 Å². The summed E-state index contributed by atoms with van der Waals surface area (Å²) in [6.45, 7) is 1.78. The lowest BCUT2D eigenvalue weighted by Gasteiger charge is -2.30. The summed E-state index contributed by atoms with van der Waals surface area (Å²) in [6.07, 6.45) is 9.10. The van der Waals surface area contributed by atoms with E-state index >= 15 is 0 Å². The molecule has 0 saturated heterocycles. The number of carbonyl (C=O) groups is 1. The van der Waals surface area contributed by atoms with Crippen molar-refractivity contribution in [3.05, 3.63) is 28.7 Å². The largest absolute Gasteiger partial charge is 0.340 e. The van der Waals surface area contributed by atoms with E-state index in [-0.39, 0.29) is 5.91 Å². The third-order valence-corrected chi connectivity index (χ3v) is 5.29. The summed E-state index contributed by atoms with van der Waals surface area (Å²) >= 11 is 0. The Hall–Kier alpha value is -2.18. The molecule has 0 atom stereocenters. The zero-order valence-corrected chi connectivity index (χ0v) is 14.0. The fourth-order valence-electron chi connectivity index (χ4n) is 4.01. The molecule has 2 aromatic rings. The number of hydrogen-bond acceptors (Lipinski definition) is 5. The van der Waals surface area contributed by atoms with Crippen molar-refractivity contribution < 1.29 is 9.32 Å². The lowest BCUT2D eigenvalue weighted by atomic mass is 9.89. The molecule has 7 nitrogen and oxygen atoms in total. The van der Waals surface area contributed by atoms with Gasteiger partial charge in [0.15, 0.2) is 11.5 Å². The second kappa shape index (κ2) is 6.03. The highest BCUT2D eigenvalue weighted by molar-refractivity contribution is 5.94. The molecule has 0 unspecified atom stereocenters. The summed E-state index contributed by atoms with van der Waals surface area (Å²) in [6, 6.07) is 0. The van der Waals surface area contributed by atoms with Gasteiger partial charge in [0.1, 0.15) is 5.54 Å². The molecule has 2 aromatic heterocycles. The molecule has 2 N–H and O–H groups in total. The van der Waals surface area contributed by atoms with Crippen LogP contribution < -0.4 is 5.32 Å². The molecule has 1 amide bonds. The van der Waals surface area contributed by atoms with Crippen LogP contribution in [0.5, 0.6) is 0 Å². The van der Waals surface area contributed by atoms with E-state index in [1.165, 1.54) is 12.8 Å². The summed E-state index contributed by atoms with van der Waals surface area (Å²) in [5.74, 6) is 1.00. The van der Waals surface area contributed by atoms with Gasteiger partial charge in [-0.3, -0.25) is 9.89 Å². The number of fused-ring (bicyclic) bond motifs is 1. The van der Waals surface area contributed by atoms with Gasteiger partial charge in [-0.2, -0.15) is 10.1 Å². The number of rotatable bonds is 3. The SMILES string of the molecule is Cc1nc(C2(NC(=O)c3n[nH]c4c3CCC4)CCCCCC2)no1. The van der Waals surface area contributed by atoms with Crippen molar-refractivity contribution in [2.24, 2.45) is 0 Å². The molecule has 2 aliphatic rings. The molecule has 0 bridgehead atoms. The Morgan fingerprint density at radius 3 is 2.67 bits per heavy atom. The maximum absolute atomic E-state index is 13.0. The quantitative estimate of drug-likeness (QED) is 0.844. The third kappa shape index (κ3) is 2.61. The number of carbonyl (C=O) groups excluding carboxylic acids is 1. The van der Waals surface area contributed by atoms with Crippen LogP contribution in [0.3, 0.4) is 0 Å². The van der Waals surface area contributed by atoms with Crippen molar-refractivity contribution in [3.63, 3.8) is 0 Å². The maximum atomic E-state index is 13.0. The molecule has 2 heterocycles. The molecule has 0 spiro atoms. The van der Waals surface area contributed by atoms with Gasteiger partial charge in [-0.05, 0) is 32.1 Å². The van der Waals surface area contributed by atoms with Crippen LogP contribution in [0.1, 0.15) is 78.4 Å². The normalized spacial score (nSPS) is 19.7.